The molecule has 0 bridgehead atoms. The predicted octanol–water partition coefficient (Wildman–Crippen LogP) is 1.29. The van der Waals surface area contributed by atoms with Gasteiger partial charge in [0.15, 0.2) is 0 Å². The Kier molecular flexibility index (Phi) is 15.1. The molecule has 5 heterocycles. The molecule has 254 valence electrons. The lowest BCUT2D eigenvalue weighted by Gasteiger charge is -2.38. The maximum absolute atomic E-state index is 12.6. The molecule has 0 atom stereocenters. The minimum Gasteiger partial charge on any atom is -0.355 e. The fourth-order valence-electron chi connectivity index (χ4n) is 7.43. The lowest BCUT2D eigenvalue weighted by Crippen LogP contribution is -2.48. The number of carbonyl (C=O) groups is 2. The van der Waals surface area contributed by atoms with E-state index in [0.717, 1.165) is 97.3 Å². The van der Waals surface area contributed by atoms with Crippen LogP contribution in [0.5, 0.6) is 0 Å². The number of piperidine rings is 3. The van der Waals surface area contributed by atoms with Crippen LogP contribution in [0.2, 0.25) is 0 Å². The molecule has 1 N–H and O–H groups in total. The molecule has 0 aromatic rings. The molecule has 0 aromatic carbocycles. The summed E-state index contributed by atoms with van der Waals surface area (Å²) in [5, 5.41) is 3.09. The number of hydrogen-bond acceptors (Lipinski definition) is 8. The Morgan fingerprint density at radius 1 is 0.523 bits per heavy atom. The molecule has 0 unspecified atom stereocenters. The normalized spacial score (nSPS) is 25.5. The van der Waals surface area contributed by atoms with Crippen molar-refractivity contribution >= 4 is 11.8 Å². The van der Waals surface area contributed by atoms with Crippen LogP contribution in [-0.4, -0.2) is 186 Å². The van der Waals surface area contributed by atoms with E-state index >= 15 is 0 Å². The summed E-state index contributed by atoms with van der Waals surface area (Å²) in [5.41, 5.74) is 0. The van der Waals surface area contributed by atoms with Crippen LogP contribution in [-0.2, 0) is 9.59 Å². The highest BCUT2D eigenvalue weighted by Crippen LogP contribution is 2.24. The lowest BCUT2D eigenvalue weighted by atomic mass is 9.91. The zero-order chi connectivity index (χ0) is 31.3. The largest absolute Gasteiger partial charge is 0.355 e. The van der Waals surface area contributed by atoms with Gasteiger partial charge in [0.25, 0.3) is 0 Å². The third kappa shape index (κ3) is 12.8. The van der Waals surface area contributed by atoms with Gasteiger partial charge in [0.05, 0.1) is 0 Å². The Labute approximate surface area is 269 Å². The molecule has 5 rings (SSSR count). The van der Waals surface area contributed by atoms with Crippen LogP contribution in [0, 0.1) is 17.8 Å². The van der Waals surface area contributed by atoms with Gasteiger partial charge in [-0.3, -0.25) is 14.5 Å². The van der Waals surface area contributed by atoms with Crippen molar-refractivity contribution in [3.8, 4) is 0 Å². The predicted molar refractivity (Wildman–Crippen MR) is 180 cm³/mol. The van der Waals surface area contributed by atoms with Crippen LogP contribution in [0.1, 0.15) is 51.4 Å². The topological polar surface area (TPSA) is 68.9 Å². The van der Waals surface area contributed by atoms with E-state index < -0.39 is 0 Å². The molecule has 10 heteroatoms. The number of amides is 2. The molecule has 2 amide bonds. The zero-order valence-electron chi connectivity index (χ0n) is 28.9. The monoisotopic (exact) mass is 619 g/mol. The highest BCUT2D eigenvalue weighted by molar-refractivity contribution is 5.76. The number of rotatable bonds is 9. The number of piperazine rings is 2. The fraction of sp³-hybridized carbons (Fsp3) is 0.941. The summed E-state index contributed by atoms with van der Waals surface area (Å²) in [5.74, 6) is 2.67. The maximum atomic E-state index is 12.6. The van der Waals surface area contributed by atoms with Gasteiger partial charge in [-0.1, -0.05) is 0 Å². The minimum atomic E-state index is 0.244. The van der Waals surface area contributed by atoms with Crippen LogP contribution in [0.25, 0.3) is 0 Å². The summed E-state index contributed by atoms with van der Waals surface area (Å²) < 4.78 is 0. The van der Waals surface area contributed by atoms with Gasteiger partial charge < -0.3 is 34.7 Å². The van der Waals surface area contributed by atoms with E-state index in [4.69, 9.17) is 0 Å². The Hall–Kier alpha value is -1.30. The van der Waals surface area contributed by atoms with Crippen LogP contribution in [0.4, 0.5) is 0 Å². The second-order valence-electron chi connectivity index (χ2n) is 14.8. The van der Waals surface area contributed by atoms with Gasteiger partial charge in [-0.2, -0.15) is 0 Å². The van der Waals surface area contributed by atoms with E-state index in [-0.39, 0.29) is 5.91 Å². The summed E-state index contributed by atoms with van der Waals surface area (Å²) in [6, 6.07) is 0. The zero-order valence-corrected chi connectivity index (χ0v) is 28.9. The molecule has 44 heavy (non-hydrogen) atoms. The summed E-state index contributed by atoms with van der Waals surface area (Å²) in [7, 11) is 8.72. The average molecular weight is 619 g/mol. The van der Waals surface area contributed by atoms with Crippen molar-refractivity contribution in [3.63, 3.8) is 0 Å². The SMILES string of the molecule is CN1CCC(CC(=O)N2CCC(CN3CCN(C)CC3)CC2)CC1.CN1CCC(CC(=O)NCCN2CCN(C)CC2)CC1. The fourth-order valence-corrected chi connectivity index (χ4v) is 7.43. The van der Waals surface area contributed by atoms with E-state index in [9.17, 15) is 9.59 Å². The molecule has 0 radical (unpaired) electrons. The number of nitrogens with zero attached hydrogens (tertiary/aromatic N) is 7. The third-order valence-electron chi connectivity index (χ3n) is 11.0. The molecule has 5 fully saturated rings. The van der Waals surface area contributed by atoms with Gasteiger partial charge in [-0.05, 0) is 111 Å². The summed E-state index contributed by atoms with van der Waals surface area (Å²) in [4.78, 5) is 41.2. The Morgan fingerprint density at radius 2 is 0.955 bits per heavy atom. The second kappa shape index (κ2) is 18.7. The summed E-state index contributed by atoms with van der Waals surface area (Å²) >= 11 is 0. The smallest absolute Gasteiger partial charge is 0.222 e. The van der Waals surface area contributed by atoms with E-state index in [1.807, 2.05) is 0 Å². The van der Waals surface area contributed by atoms with Crippen molar-refractivity contribution in [2.45, 2.75) is 51.4 Å². The Morgan fingerprint density at radius 3 is 1.48 bits per heavy atom. The molecule has 0 aliphatic carbocycles. The van der Waals surface area contributed by atoms with Gasteiger partial charge in [0.1, 0.15) is 0 Å². The molecule has 0 spiro atoms. The van der Waals surface area contributed by atoms with Gasteiger partial charge >= 0.3 is 0 Å². The van der Waals surface area contributed by atoms with Crippen molar-refractivity contribution in [2.75, 3.05) is 139 Å². The molecule has 0 aromatic heterocycles. The lowest BCUT2D eigenvalue weighted by molar-refractivity contribution is -0.134. The number of carbonyl (C=O) groups excluding carboxylic acids is 2. The highest BCUT2D eigenvalue weighted by Gasteiger charge is 2.28. The number of hydrogen-bond donors (Lipinski definition) is 1. The summed E-state index contributed by atoms with van der Waals surface area (Å²) in [6.45, 7) is 19.0. The minimum absolute atomic E-state index is 0.244. The van der Waals surface area contributed by atoms with Gasteiger partial charge in [0, 0.05) is 97.9 Å². The molecule has 10 nitrogen and oxygen atoms in total. The maximum Gasteiger partial charge on any atom is 0.222 e. The molecule has 5 saturated heterocycles. The Balaban J connectivity index is 0.000000204. The molecule has 5 aliphatic rings. The van der Waals surface area contributed by atoms with Crippen molar-refractivity contribution in [1.82, 2.24) is 39.6 Å². The van der Waals surface area contributed by atoms with Gasteiger partial charge in [-0.15, -0.1) is 0 Å². The standard InChI is InChI=1S/C19H36N4O.C15H30N4O/c1-20-7-3-17(4-8-20)15-19(24)23-9-5-18(6-10-23)16-22-13-11-21(2)12-14-22;1-17-6-3-14(4-7-17)13-15(20)16-5-8-19-11-9-18(2)10-12-19/h17-18H,3-16H2,1-2H3;14H,3-13H2,1-2H3,(H,16,20). The van der Waals surface area contributed by atoms with Gasteiger partial charge in [-0.25, -0.2) is 0 Å². The molecular weight excluding hydrogens is 552 g/mol. The van der Waals surface area contributed by atoms with E-state index in [1.54, 1.807) is 0 Å². The van der Waals surface area contributed by atoms with Crippen LogP contribution in [0.3, 0.4) is 0 Å². The van der Waals surface area contributed by atoms with Crippen LogP contribution < -0.4 is 5.32 Å². The highest BCUT2D eigenvalue weighted by atomic mass is 16.2. The van der Waals surface area contributed by atoms with E-state index in [0.29, 0.717) is 17.7 Å². The first-order chi connectivity index (χ1) is 21.2. The van der Waals surface area contributed by atoms with Crippen molar-refractivity contribution in [3.05, 3.63) is 0 Å². The molecule has 5 aliphatic heterocycles. The average Bonchev–Trinajstić information content (AvgIpc) is 3.02. The van der Waals surface area contributed by atoms with Crippen LogP contribution in [0.15, 0.2) is 0 Å². The van der Waals surface area contributed by atoms with E-state index in [1.165, 1.54) is 71.2 Å². The Bertz CT molecular complexity index is 821. The third-order valence-corrected chi connectivity index (χ3v) is 11.0. The molecule has 0 saturated carbocycles. The first kappa shape index (κ1) is 35.6. The second-order valence-corrected chi connectivity index (χ2v) is 14.8. The summed E-state index contributed by atoms with van der Waals surface area (Å²) in [6.07, 6.45) is 8.64. The number of likely N-dealkylation sites (N-methyl/N-ethyl adjacent to an activating group) is 2. The number of nitrogens with one attached hydrogen (secondary N) is 1. The van der Waals surface area contributed by atoms with E-state index in [2.05, 4.69) is 67.8 Å². The first-order valence-electron chi connectivity index (χ1n) is 18.0. The van der Waals surface area contributed by atoms with Crippen molar-refractivity contribution in [1.29, 1.82) is 0 Å². The molecular formula is C34H66N8O2. The van der Waals surface area contributed by atoms with Crippen LogP contribution >= 0.6 is 0 Å². The first-order valence-corrected chi connectivity index (χ1v) is 18.0. The number of likely N-dealkylation sites (tertiary alicyclic amines) is 3. The van der Waals surface area contributed by atoms with Crippen molar-refractivity contribution in [2.24, 2.45) is 17.8 Å². The van der Waals surface area contributed by atoms with Gasteiger partial charge in [0.2, 0.25) is 11.8 Å². The van der Waals surface area contributed by atoms with Crippen molar-refractivity contribution < 1.29 is 9.59 Å². The quantitative estimate of drug-likeness (QED) is 0.415.